The molecule has 1 amide bonds. The lowest BCUT2D eigenvalue weighted by Gasteiger charge is -2.19. The number of ether oxygens (including phenoxy) is 2. The molecular weight excluding hydrogens is 334 g/mol. The van der Waals surface area contributed by atoms with Crippen LogP contribution < -0.4 is 10.1 Å². The van der Waals surface area contributed by atoms with E-state index in [0.29, 0.717) is 12.2 Å². The molecule has 2 aromatic carbocycles. The number of carbonyl (C=O) groups excluding carboxylic acids is 1. The quantitative estimate of drug-likeness (QED) is 0.797. The third kappa shape index (κ3) is 4.21. The number of amides is 1. The summed E-state index contributed by atoms with van der Waals surface area (Å²) in [7, 11) is 0. The molecule has 2 atom stereocenters. The molecule has 0 saturated carbocycles. The molecule has 1 aliphatic rings. The molecule has 1 heterocycles. The minimum Gasteiger partial charge on any atom is -0.493 e. The highest BCUT2D eigenvalue weighted by atomic mass is 16.5. The van der Waals surface area contributed by atoms with Crippen molar-refractivity contribution in [3.63, 3.8) is 0 Å². The van der Waals surface area contributed by atoms with Crippen LogP contribution in [0.2, 0.25) is 0 Å². The number of hydrogen-bond donors (Lipinski definition) is 2. The van der Waals surface area contributed by atoms with Crippen molar-refractivity contribution in [2.24, 2.45) is 0 Å². The number of fused-ring (bicyclic) bond motifs is 1. The van der Waals surface area contributed by atoms with E-state index in [2.05, 4.69) is 5.32 Å². The van der Waals surface area contributed by atoms with Crippen molar-refractivity contribution in [1.82, 2.24) is 5.32 Å². The van der Waals surface area contributed by atoms with Crippen LogP contribution in [0.5, 0.6) is 5.75 Å². The Morgan fingerprint density at radius 2 is 2.00 bits per heavy atom. The molecule has 0 spiro atoms. The summed E-state index contributed by atoms with van der Waals surface area (Å²) in [6.07, 6.45) is -0.0325. The highest BCUT2D eigenvalue weighted by molar-refractivity contribution is 5.86. The third-order valence-corrected chi connectivity index (χ3v) is 4.29. The summed E-state index contributed by atoms with van der Waals surface area (Å²) in [5.74, 6) is -0.818. The van der Waals surface area contributed by atoms with Gasteiger partial charge in [-0.05, 0) is 35.7 Å². The highest BCUT2D eigenvalue weighted by Gasteiger charge is 2.26. The van der Waals surface area contributed by atoms with Gasteiger partial charge < -0.3 is 19.9 Å². The number of benzene rings is 2. The molecule has 0 saturated heterocycles. The fraction of sp³-hybridized carbons (Fsp3) is 0.300. The van der Waals surface area contributed by atoms with Gasteiger partial charge in [0.2, 0.25) is 5.91 Å². The number of carbonyl (C=O) groups is 2. The van der Waals surface area contributed by atoms with Crippen LogP contribution in [0.15, 0.2) is 48.5 Å². The van der Waals surface area contributed by atoms with Crippen LogP contribution in [-0.4, -0.2) is 29.7 Å². The van der Waals surface area contributed by atoms with Gasteiger partial charge in [-0.25, -0.2) is 4.79 Å². The van der Waals surface area contributed by atoms with Gasteiger partial charge in [0.05, 0.1) is 13.2 Å². The summed E-state index contributed by atoms with van der Waals surface area (Å²) in [6.45, 7) is 2.48. The Hall–Kier alpha value is -2.86. The number of hydrogen-bond acceptors (Lipinski definition) is 4. The van der Waals surface area contributed by atoms with Crippen molar-refractivity contribution in [3.05, 3.63) is 65.2 Å². The van der Waals surface area contributed by atoms with Gasteiger partial charge in [0.25, 0.3) is 0 Å². The van der Waals surface area contributed by atoms with Crippen molar-refractivity contribution < 1.29 is 24.2 Å². The molecule has 0 aliphatic carbocycles. The molecule has 0 bridgehead atoms. The van der Waals surface area contributed by atoms with Crippen LogP contribution in [0.1, 0.15) is 29.7 Å². The first-order chi connectivity index (χ1) is 12.5. The van der Waals surface area contributed by atoms with Gasteiger partial charge in [-0.15, -0.1) is 0 Å². The summed E-state index contributed by atoms with van der Waals surface area (Å²) in [6, 6.07) is 13.5. The molecule has 6 heteroatoms. The monoisotopic (exact) mass is 355 g/mol. The Kier molecular flexibility index (Phi) is 5.53. The number of carboxylic acids is 1. The molecule has 136 valence electrons. The van der Waals surface area contributed by atoms with Gasteiger partial charge in [0.1, 0.15) is 11.9 Å². The van der Waals surface area contributed by atoms with Crippen molar-refractivity contribution in [2.75, 3.05) is 6.61 Å². The lowest BCUT2D eigenvalue weighted by atomic mass is 10.0. The van der Waals surface area contributed by atoms with Crippen LogP contribution in [0, 0.1) is 0 Å². The zero-order valence-electron chi connectivity index (χ0n) is 14.5. The molecule has 0 aromatic heterocycles. The van der Waals surface area contributed by atoms with Crippen molar-refractivity contribution >= 4 is 11.9 Å². The average molecular weight is 355 g/mol. The smallest absolute Gasteiger partial charge is 0.330 e. The van der Waals surface area contributed by atoms with Crippen LogP contribution >= 0.6 is 0 Å². The maximum atomic E-state index is 12.4. The molecule has 3 rings (SSSR count). The Bertz CT molecular complexity index is 790. The number of carboxylic acid groups (broad SMARTS) is 1. The molecule has 2 N–H and O–H groups in total. The average Bonchev–Trinajstić information content (AvgIpc) is 3.12. The first-order valence-corrected chi connectivity index (χ1v) is 8.49. The summed E-state index contributed by atoms with van der Waals surface area (Å²) < 4.78 is 11.0. The van der Waals surface area contributed by atoms with E-state index in [1.807, 2.05) is 30.3 Å². The predicted octanol–water partition coefficient (Wildman–Crippen LogP) is 2.47. The van der Waals surface area contributed by atoms with Crippen molar-refractivity contribution in [2.45, 2.75) is 32.1 Å². The van der Waals surface area contributed by atoms with Gasteiger partial charge in [0, 0.05) is 6.42 Å². The van der Waals surface area contributed by atoms with Gasteiger partial charge in [-0.3, -0.25) is 4.79 Å². The van der Waals surface area contributed by atoms with Gasteiger partial charge in [-0.1, -0.05) is 36.4 Å². The second kappa shape index (κ2) is 8.01. The molecule has 26 heavy (non-hydrogen) atoms. The predicted molar refractivity (Wildman–Crippen MR) is 94.9 cm³/mol. The number of rotatable bonds is 7. The summed E-state index contributed by atoms with van der Waals surface area (Å²) in [4.78, 5) is 24.0. The van der Waals surface area contributed by atoms with Gasteiger partial charge >= 0.3 is 5.97 Å². The fourth-order valence-electron chi connectivity index (χ4n) is 2.80. The fourth-order valence-corrected chi connectivity index (χ4v) is 2.80. The Morgan fingerprint density at radius 3 is 2.73 bits per heavy atom. The molecule has 2 unspecified atom stereocenters. The lowest BCUT2D eigenvalue weighted by molar-refractivity contribution is -0.144. The van der Waals surface area contributed by atoms with E-state index in [1.54, 1.807) is 25.1 Å². The van der Waals surface area contributed by atoms with Crippen LogP contribution in [0.25, 0.3) is 0 Å². The maximum Gasteiger partial charge on any atom is 0.330 e. The Balaban J connectivity index is 1.63. The van der Waals surface area contributed by atoms with E-state index < -0.39 is 24.0 Å². The topological polar surface area (TPSA) is 84.9 Å². The minimum absolute atomic E-state index is 0.281. The standard InChI is InChI=1S/C20H21NO5/c1-13(26-12-14-5-3-2-4-6-14)19(22)21-18(20(23)24)16-7-8-17-15(11-16)9-10-25-17/h2-8,11,13,18H,9-10,12H2,1H3,(H,21,22)(H,23,24). The summed E-state index contributed by atoms with van der Waals surface area (Å²) in [5.41, 5.74) is 2.42. The first kappa shape index (κ1) is 17.9. The van der Waals surface area contributed by atoms with Crippen molar-refractivity contribution in [3.8, 4) is 5.75 Å². The molecule has 1 aliphatic heterocycles. The third-order valence-electron chi connectivity index (χ3n) is 4.29. The van der Waals surface area contributed by atoms with E-state index in [0.717, 1.165) is 23.3 Å². The van der Waals surface area contributed by atoms with Crippen molar-refractivity contribution in [1.29, 1.82) is 0 Å². The Morgan fingerprint density at radius 1 is 1.23 bits per heavy atom. The van der Waals surface area contributed by atoms with Crippen LogP contribution in [0.4, 0.5) is 0 Å². The SMILES string of the molecule is CC(OCc1ccccc1)C(=O)NC(C(=O)O)c1ccc2c(c1)CCO2. The molecular formula is C20H21NO5. The number of aliphatic carboxylic acids is 1. The van der Waals surface area contributed by atoms with Crippen LogP contribution in [0.3, 0.4) is 0 Å². The van der Waals surface area contributed by atoms with Gasteiger partial charge in [-0.2, -0.15) is 0 Å². The van der Waals surface area contributed by atoms with E-state index in [-0.39, 0.29) is 6.61 Å². The normalized spacial score (nSPS) is 14.8. The van der Waals surface area contributed by atoms with E-state index in [4.69, 9.17) is 9.47 Å². The molecule has 0 fully saturated rings. The minimum atomic E-state index is -1.13. The largest absolute Gasteiger partial charge is 0.493 e. The highest BCUT2D eigenvalue weighted by Crippen LogP contribution is 2.28. The van der Waals surface area contributed by atoms with Crippen LogP contribution in [-0.2, 0) is 27.4 Å². The number of nitrogens with one attached hydrogen (secondary N) is 1. The molecule has 0 radical (unpaired) electrons. The molecule has 2 aromatic rings. The van der Waals surface area contributed by atoms with E-state index in [9.17, 15) is 14.7 Å². The lowest BCUT2D eigenvalue weighted by Crippen LogP contribution is -2.40. The second-order valence-corrected chi connectivity index (χ2v) is 6.18. The van der Waals surface area contributed by atoms with E-state index >= 15 is 0 Å². The summed E-state index contributed by atoms with van der Waals surface area (Å²) in [5, 5.41) is 12.1. The zero-order chi connectivity index (χ0) is 18.5. The zero-order valence-corrected chi connectivity index (χ0v) is 14.5. The second-order valence-electron chi connectivity index (χ2n) is 6.18. The summed E-state index contributed by atoms with van der Waals surface area (Å²) >= 11 is 0. The van der Waals surface area contributed by atoms with E-state index in [1.165, 1.54) is 0 Å². The maximum absolute atomic E-state index is 12.4. The Labute approximate surface area is 151 Å². The molecule has 6 nitrogen and oxygen atoms in total. The first-order valence-electron chi connectivity index (χ1n) is 8.49. The van der Waals surface area contributed by atoms with Gasteiger partial charge in [0.15, 0.2) is 6.04 Å².